The number of carboxylic acids is 1. The van der Waals surface area contributed by atoms with Gasteiger partial charge in [-0.05, 0) is 29.8 Å². The lowest BCUT2D eigenvalue weighted by Crippen LogP contribution is -2.21. The van der Waals surface area contributed by atoms with Crippen LogP contribution in [-0.4, -0.2) is 21.8 Å². The number of benzene rings is 1. The fourth-order valence-corrected chi connectivity index (χ4v) is 1.74. The first-order chi connectivity index (χ1) is 9.09. The predicted octanol–water partition coefficient (Wildman–Crippen LogP) is 2.27. The first-order valence-electron chi connectivity index (χ1n) is 5.52. The quantitative estimate of drug-likeness (QED) is 0.675. The third kappa shape index (κ3) is 2.82. The van der Waals surface area contributed by atoms with Crippen LogP contribution in [-0.2, 0) is 4.79 Å². The normalized spacial score (nSPS) is 11.8. The molecule has 1 heterocycles. The van der Waals surface area contributed by atoms with Gasteiger partial charge in [0.2, 0.25) is 0 Å². The summed E-state index contributed by atoms with van der Waals surface area (Å²) in [5.41, 5.74) is 0.502. The molecule has 0 bridgehead atoms. The Balaban J connectivity index is 2.39. The van der Waals surface area contributed by atoms with Crippen molar-refractivity contribution in [1.29, 1.82) is 0 Å². The number of carboxylic acid groups (broad SMARTS) is 1. The minimum Gasteiger partial charge on any atom is -0.480 e. The van der Waals surface area contributed by atoms with Crippen LogP contribution in [0.1, 0.15) is 21.8 Å². The Labute approximate surface area is 108 Å². The molecular formula is C14H10FNO3. The summed E-state index contributed by atoms with van der Waals surface area (Å²) < 4.78 is 12.8. The van der Waals surface area contributed by atoms with Crippen LogP contribution in [0, 0.1) is 5.82 Å². The summed E-state index contributed by atoms with van der Waals surface area (Å²) in [5, 5.41) is 9.20. The van der Waals surface area contributed by atoms with E-state index in [1.807, 2.05) is 0 Å². The van der Waals surface area contributed by atoms with Gasteiger partial charge in [0.25, 0.3) is 0 Å². The van der Waals surface area contributed by atoms with Crippen LogP contribution < -0.4 is 0 Å². The van der Waals surface area contributed by atoms with Crippen molar-refractivity contribution in [2.24, 2.45) is 0 Å². The van der Waals surface area contributed by atoms with E-state index in [-0.39, 0.29) is 11.1 Å². The van der Waals surface area contributed by atoms with E-state index in [2.05, 4.69) is 4.98 Å². The second-order valence-corrected chi connectivity index (χ2v) is 3.92. The highest BCUT2D eigenvalue weighted by Gasteiger charge is 2.29. The summed E-state index contributed by atoms with van der Waals surface area (Å²) in [6, 6.07) is 7.75. The second-order valence-electron chi connectivity index (χ2n) is 3.92. The number of hydrogen-bond acceptors (Lipinski definition) is 3. The van der Waals surface area contributed by atoms with E-state index >= 15 is 0 Å². The lowest BCUT2D eigenvalue weighted by molar-refractivity contribution is -0.137. The number of pyridine rings is 1. The lowest BCUT2D eigenvalue weighted by atomic mass is 9.91. The van der Waals surface area contributed by atoms with Gasteiger partial charge >= 0.3 is 5.97 Å². The molecule has 0 fully saturated rings. The molecule has 96 valence electrons. The average Bonchev–Trinajstić information content (AvgIpc) is 2.42. The van der Waals surface area contributed by atoms with E-state index in [0.29, 0.717) is 0 Å². The smallest absolute Gasteiger partial charge is 0.318 e. The molecule has 1 unspecified atom stereocenters. The number of halogens is 1. The maximum Gasteiger partial charge on any atom is 0.318 e. The van der Waals surface area contributed by atoms with Crippen molar-refractivity contribution in [3.8, 4) is 0 Å². The van der Waals surface area contributed by atoms with Gasteiger partial charge in [-0.1, -0.05) is 12.1 Å². The number of carbonyl (C=O) groups is 2. The molecule has 19 heavy (non-hydrogen) atoms. The van der Waals surface area contributed by atoms with Crippen molar-refractivity contribution >= 4 is 11.8 Å². The Morgan fingerprint density at radius 2 is 1.63 bits per heavy atom. The van der Waals surface area contributed by atoms with Crippen molar-refractivity contribution in [1.82, 2.24) is 4.98 Å². The summed E-state index contributed by atoms with van der Waals surface area (Å²) in [7, 11) is 0. The van der Waals surface area contributed by atoms with Crippen molar-refractivity contribution in [3.63, 3.8) is 0 Å². The molecule has 2 rings (SSSR count). The fourth-order valence-electron chi connectivity index (χ4n) is 1.74. The van der Waals surface area contributed by atoms with Gasteiger partial charge in [-0.15, -0.1) is 0 Å². The third-order valence-corrected chi connectivity index (χ3v) is 2.68. The number of aromatic nitrogens is 1. The monoisotopic (exact) mass is 259 g/mol. The molecule has 0 radical (unpaired) electrons. The molecule has 0 aliphatic rings. The molecule has 0 spiro atoms. The molecule has 1 aromatic heterocycles. The number of rotatable bonds is 4. The molecule has 0 saturated heterocycles. The predicted molar refractivity (Wildman–Crippen MR) is 65.3 cm³/mol. The van der Waals surface area contributed by atoms with Crippen molar-refractivity contribution < 1.29 is 19.1 Å². The van der Waals surface area contributed by atoms with Crippen LogP contribution in [0.25, 0.3) is 0 Å². The molecule has 1 N–H and O–H groups in total. The van der Waals surface area contributed by atoms with Gasteiger partial charge in [0.1, 0.15) is 11.7 Å². The molecule has 1 aromatic carbocycles. The lowest BCUT2D eigenvalue weighted by Gasteiger charge is -2.11. The number of carbonyl (C=O) groups excluding carboxylic acids is 1. The summed E-state index contributed by atoms with van der Waals surface area (Å²) in [6.07, 6.45) is 2.83. The molecular weight excluding hydrogens is 249 g/mol. The Morgan fingerprint density at radius 1 is 1.05 bits per heavy atom. The number of aliphatic carboxylic acids is 1. The van der Waals surface area contributed by atoms with Gasteiger partial charge in [0.05, 0.1) is 0 Å². The van der Waals surface area contributed by atoms with E-state index in [1.165, 1.54) is 36.7 Å². The molecule has 5 heteroatoms. The minimum absolute atomic E-state index is 0.246. The van der Waals surface area contributed by atoms with Gasteiger partial charge in [0.15, 0.2) is 5.78 Å². The highest BCUT2D eigenvalue weighted by atomic mass is 19.1. The first-order valence-corrected chi connectivity index (χ1v) is 5.52. The van der Waals surface area contributed by atoms with Crippen molar-refractivity contribution in [2.75, 3.05) is 0 Å². The van der Waals surface area contributed by atoms with Crippen LogP contribution in [0.2, 0.25) is 0 Å². The zero-order chi connectivity index (χ0) is 13.8. The van der Waals surface area contributed by atoms with Crippen LogP contribution >= 0.6 is 0 Å². The Kier molecular flexibility index (Phi) is 3.66. The van der Waals surface area contributed by atoms with Crippen LogP contribution in [0.5, 0.6) is 0 Å². The van der Waals surface area contributed by atoms with E-state index in [9.17, 15) is 19.1 Å². The number of ketones is 1. The third-order valence-electron chi connectivity index (χ3n) is 2.68. The summed E-state index contributed by atoms with van der Waals surface area (Å²) in [4.78, 5) is 27.2. The average molecular weight is 259 g/mol. The maximum absolute atomic E-state index is 12.8. The molecule has 4 nitrogen and oxygen atoms in total. The van der Waals surface area contributed by atoms with Crippen LogP contribution in [0.3, 0.4) is 0 Å². The van der Waals surface area contributed by atoms with Gasteiger partial charge < -0.3 is 5.11 Å². The Hall–Kier alpha value is -2.56. The SMILES string of the molecule is O=C(O)C(C(=O)c1ccncc1)c1ccc(F)cc1. The number of hydrogen-bond donors (Lipinski definition) is 1. The summed E-state index contributed by atoms with van der Waals surface area (Å²) >= 11 is 0. The largest absolute Gasteiger partial charge is 0.480 e. The molecule has 1 atom stereocenters. The Bertz CT molecular complexity index is 596. The van der Waals surface area contributed by atoms with E-state index in [4.69, 9.17) is 0 Å². The van der Waals surface area contributed by atoms with Crippen LogP contribution in [0.15, 0.2) is 48.8 Å². The number of nitrogens with zero attached hydrogens (tertiary/aromatic N) is 1. The highest BCUT2D eigenvalue weighted by Crippen LogP contribution is 2.21. The van der Waals surface area contributed by atoms with Gasteiger partial charge in [-0.3, -0.25) is 14.6 Å². The first kappa shape index (κ1) is 12.9. The van der Waals surface area contributed by atoms with Crippen molar-refractivity contribution in [3.05, 3.63) is 65.7 Å². The Morgan fingerprint density at radius 3 is 2.16 bits per heavy atom. The fraction of sp³-hybridized carbons (Fsp3) is 0.0714. The van der Waals surface area contributed by atoms with Gasteiger partial charge in [-0.2, -0.15) is 0 Å². The van der Waals surface area contributed by atoms with E-state index < -0.39 is 23.5 Å². The second kappa shape index (κ2) is 5.39. The molecule has 2 aromatic rings. The molecule has 0 aliphatic carbocycles. The topological polar surface area (TPSA) is 67.3 Å². The zero-order valence-corrected chi connectivity index (χ0v) is 9.79. The number of Topliss-reactive ketones (excluding diaryl/α,β-unsaturated/α-hetero) is 1. The minimum atomic E-state index is -1.34. The van der Waals surface area contributed by atoms with Gasteiger partial charge in [0, 0.05) is 18.0 Å². The molecule has 0 saturated carbocycles. The summed E-state index contributed by atoms with van der Waals surface area (Å²) in [6.45, 7) is 0. The maximum atomic E-state index is 12.8. The van der Waals surface area contributed by atoms with E-state index in [0.717, 1.165) is 12.1 Å². The highest BCUT2D eigenvalue weighted by molar-refractivity contribution is 6.12. The van der Waals surface area contributed by atoms with Crippen LogP contribution in [0.4, 0.5) is 4.39 Å². The van der Waals surface area contributed by atoms with Crippen molar-refractivity contribution in [2.45, 2.75) is 5.92 Å². The molecule has 0 amide bonds. The zero-order valence-electron chi connectivity index (χ0n) is 9.79. The van der Waals surface area contributed by atoms with E-state index in [1.54, 1.807) is 0 Å². The standard InChI is InChI=1S/C14H10FNO3/c15-11-3-1-9(2-4-11)12(14(18)19)13(17)10-5-7-16-8-6-10/h1-8,12H,(H,18,19). The summed E-state index contributed by atoms with van der Waals surface area (Å²) in [5.74, 6) is -3.65. The molecule has 0 aliphatic heterocycles. The van der Waals surface area contributed by atoms with Gasteiger partial charge in [-0.25, -0.2) is 4.39 Å².